The summed E-state index contributed by atoms with van der Waals surface area (Å²) in [5, 5.41) is 8.56. The van der Waals surface area contributed by atoms with Crippen LogP contribution in [0.3, 0.4) is 0 Å². The highest BCUT2D eigenvalue weighted by molar-refractivity contribution is 5.79. The van der Waals surface area contributed by atoms with Gasteiger partial charge in [0.15, 0.2) is 0 Å². The standard InChI is InChI=1S/C10H20N2O4/c1-4-12(6-7-16-5-2)10(15)11(3)8-9(13)14/h4-8H2,1-3H3,(H,13,14). The van der Waals surface area contributed by atoms with E-state index in [9.17, 15) is 9.59 Å². The summed E-state index contributed by atoms with van der Waals surface area (Å²) >= 11 is 0. The molecule has 0 aliphatic carbocycles. The first kappa shape index (κ1) is 14.7. The monoisotopic (exact) mass is 232 g/mol. The van der Waals surface area contributed by atoms with Crippen molar-refractivity contribution >= 4 is 12.0 Å². The highest BCUT2D eigenvalue weighted by atomic mass is 16.5. The molecule has 0 atom stereocenters. The molecule has 94 valence electrons. The number of amides is 2. The fourth-order valence-electron chi connectivity index (χ4n) is 1.22. The van der Waals surface area contributed by atoms with Crippen molar-refractivity contribution in [3.8, 4) is 0 Å². The Bertz CT molecular complexity index is 233. The summed E-state index contributed by atoms with van der Waals surface area (Å²) in [6, 6.07) is -0.287. The molecular formula is C10H20N2O4. The molecule has 0 heterocycles. The maximum absolute atomic E-state index is 11.7. The lowest BCUT2D eigenvalue weighted by molar-refractivity contribution is -0.137. The number of hydrogen-bond donors (Lipinski definition) is 1. The average molecular weight is 232 g/mol. The summed E-state index contributed by atoms with van der Waals surface area (Å²) in [6.45, 7) is 5.54. The molecule has 16 heavy (non-hydrogen) atoms. The molecule has 0 aromatic carbocycles. The van der Waals surface area contributed by atoms with E-state index in [0.717, 1.165) is 0 Å². The summed E-state index contributed by atoms with van der Waals surface area (Å²) in [5.74, 6) is -1.02. The number of urea groups is 1. The van der Waals surface area contributed by atoms with Crippen molar-refractivity contribution in [1.82, 2.24) is 9.80 Å². The summed E-state index contributed by atoms with van der Waals surface area (Å²) in [7, 11) is 1.47. The van der Waals surface area contributed by atoms with E-state index >= 15 is 0 Å². The molecule has 0 saturated heterocycles. The lowest BCUT2D eigenvalue weighted by Gasteiger charge is -2.26. The van der Waals surface area contributed by atoms with Crippen molar-refractivity contribution in [2.45, 2.75) is 13.8 Å². The minimum atomic E-state index is -1.02. The molecule has 0 bridgehead atoms. The number of likely N-dealkylation sites (N-methyl/N-ethyl adjacent to an activating group) is 2. The van der Waals surface area contributed by atoms with Crippen LogP contribution in [0.1, 0.15) is 13.8 Å². The molecular weight excluding hydrogens is 212 g/mol. The largest absolute Gasteiger partial charge is 0.480 e. The van der Waals surface area contributed by atoms with Crippen molar-refractivity contribution in [1.29, 1.82) is 0 Å². The van der Waals surface area contributed by atoms with Crippen molar-refractivity contribution < 1.29 is 19.4 Å². The number of rotatable bonds is 7. The van der Waals surface area contributed by atoms with Crippen LogP contribution in [0, 0.1) is 0 Å². The van der Waals surface area contributed by atoms with Gasteiger partial charge in [-0.2, -0.15) is 0 Å². The minimum Gasteiger partial charge on any atom is -0.480 e. The third-order valence-electron chi connectivity index (χ3n) is 2.06. The maximum atomic E-state index is 11.7. The smallest absolute Gasteiger partial charge is 0.323 e. The Hall–Kier alpha value is -1.30. The van der Waals surface area contributed by atoms with Crippen molar-refractivity contribution in [2.24, 2.45) is 0 Å². The molecule has 6 heteroatoms. The molecule has 0 aromatic heterocycles. The van der Waals surface area contributed by atoms with Crippen LogP contribution in [-0.4, -0.2) is 66.8 Å². The lowest BCUT2D eigenvalue weighted by atomic mass is 10.5. The van der Waals surface area contributed by atoms with Crippen molar-refractivity contribution in [2.75, 3.05) is 39.9 Å². The van der Waals surface area contributed by atoms with Gasteiger partial charge in [-0.05, 0) is 13.8 Å². The van der Waals surface area contributed by atoms with Gasteiger partial charge in [0.2, 0.25) is 0 Å². The van der Waals surface area contributed by atoms with E-state index in [1.54, 1.807) is 4.90 Å². The second-order valence-electron chi connectivity index (χ2n) is 3.31. The molecule has 0 aromatic rings. The molecule has 6 nitrogen and oxygen atoms in total. The molecule has 0 rings (SSSR count). The highest BCUT2D eigenvalue weighted by Gasteiger charge is 2.17. The zero-order valence-electron chi connectivity index (χ0n) is 10.1. The van der Waals surface area contributed by atoms with E-state index in [-0.39, 0.29) is 12.6 Å². The van der Waals surface area contributed by atoms with Gasteiger partial charge < -0.3 is 19.6 Å². The van der Waals surface area contributed by atoms with E-state index in [2.05, 4.69) is 0 Å². The number of carboxylic acids is 1. The first-order chi connectivity index (χ1) is 7.52. The summed E-state index contributed by atoms with van der Waals surface area (Å²) < 4.78 is 5.15. The molecule has 2 amide bonds. The van der Waals surface area contributed by atoms with Crippen LogP contribution in [0.4, 0.5) is 4.79 Å². The molecule has 0 aliphatic heterocycles. The molecule has 0 radical (unpaired) electrons. The van der Waals surface area contributed by atoms with E-state index in [1.165, 1.54) is 11.9 Å². The van der Waals surface area contributed by atoms with Crippen LogP contribution in [0.5, 0.6) is 0 Å². The van der Waals surface area contributed by atoms with Gasteiger partial charge >= 0.3 is 12.0 Å². The predicted molar refractivity (Wildman–Crippen MR) is 59.4 cm³/mol. The Morgan fingerprint density at radius 1 is 1.31 bits per heavy atom. The minimum absolute atomic E-state index is 0.287. The van der Waals surface area contributed by atoms with E-state index < -0.39 is 5.97 Å². The lowest BCUT2D eigenvalue weighted by Crippen LogP contribution is -2.44. The maximum Gasteiger partial charge on any atom is 0.323 e. The zero-order valence-corrected chi connectivity index (χ0v) is 10.1. The third-order valence-corrected chi connectivity index (χ3v) is 2.06. The number of carbonyl (C=O) groups excluding carboxylic acids is 1. The van der Waals surface area contributed by atoms with Crippen LogP contribution in [0.15, 0.2) is 0 Å². The molecule has 0 saturated carbocycles. The van der Waals surface area contributed by atoms with Crippen LogP contribution >= 0.6 is 0 Å². The number of ether oxygens (including phenoxy) is 1. The van der Waals surface area contributed by atoms with Crippen molar-refractivity contribution in [3.05, 3.63) is 0 Å². The van der Waals surface area contributed by atoms with Crippen LogP contribution in [0.2, 0.25) is 0 Å². The zero-order chi connectivity index (χ0) is 12.6. The van der Waals surface area contributed by atoms with Crippen LogP contribution < -0.4 is 0 Å². The van der Waals surface area contributed by atoms with Gasteiger partial charge in [0.05, 0.1) is 6.61 Å². The van der Waals surface area contributed by atoms with Gasteiger partial charge in [0, 0.05) is 26.7 Å². The number of nitrogens with zero attached hydrogens (tertiary/aromatic N) is 2. The SMILES string of the molecule is CCOCCN(CC)C(=O)N(C)CC(=O)O. The van der Waals surface area contributed by atoms with Gasteiger partial charge in [-0.1, -0.05) is 0 Å². The topological polar surface area (TPSA) is 70.1 Å². The van der Waals surface area contributed by atoms with Gasteiger partial charge in [-0.15, -0.1) is 0 Å². The summed E-state index contributed by atoms with van der Waals surface area (Å²) in [6.07, 6.45) is 0. The number of carbonyl (C=O) groups is 2. The Labute approximate surface area is 95.8 Å². The van der Waals surface area contributed by atoms with Gasteiger partial charge in [0.1, 0.15) is 6.54 Å². The van der Waals surface area contributed by atoms with E-state index in [0.29, 0.717) is 26.3 Å². The fourth-order valence-corrected chi connectivity index (χ4v) is 1.22. The molecule has 0 unspecified atom stereocenters. The summed E-state index contributed by atoms with van der Waals surface area (Å²) in [5.41, 5.74) is 0. The predicted octanol–water partition coefficient (Wildman–Crippen LogP) is 0.481. The highest BCUT2D eigenvalue weighted by Crippen LogP contribution is 1.97. The van der Waals surface area contributed by atoms with Crippen molar-refractivity contribution in [3.63, 3.8) is 0 Å². The number of hydrogen-bond acceptors (Lipinski definition) is 3. The first-order valence-electron chi connectivity index (χ1n) is 5.32. The quantitative estimate of drug-likeness (QED) is 0.648. The Morgan fingerprint density at radius 2 is 1.94 bits per heavy atom. The van der Waals surface area contributed by atoms with E-state index in [4.69, 9.17) is 9.84 Å². The Kier molecular flexibility index (Phi) is 7.28. The molecule has 0 aliphatic rings. The Balaban J connectivity index is 4.12. The van der Waals surface area contributed by atoms with E-state index in [1.807, 2.05) is 13.8 Å². The average Bonchev–Trinajstić information content (AvgIpc) is 2.22. The second-order valence-corrected chi connectivity index (χ2v) is 3.31. The first-order valence-corrected chi connectivity index (χ1v) is 5.32. The van der Waals surface area contributed by atoms with Gasteiger partial charge in [0.25, 0.3) is 0 Å². The Morgan fingerprint density at radius 3 is 2.38 bits per heavy atom. The number of aliphatic carboxylic acids is 1. The van der Waals surface area contributed by atoms with Gasteiger partial charge in [-0.3, -0.25) is 4.79 Å². The normalized spacial score (nSPS) is 9.94. The second kappa shape index (κ2) is 7.92. The van der Waals surface area contributed by atoms with Gasteiger partial charge in [-0.25, -0.2) is 4.79 Å². The number of carboxylic acid groups (broad SMARTS) is 1. The molecule has 1 N–H and O–H groups in total. The van der Waals surface area contributed by atoms with Crippen LogP contribution in [-0.2, 0) is 9.53 Å². The summed E-state index contributed by atoms with van der Waals surface area (Å²) in [4.78, 5) is 24.9. The van der Waals surface area contributed by atoms with Crippen LogP contribution in [0.25, 0.3) is 0 Å². The fraction of sp³-hybridized carbons (Fsp3) is 0.800. The molecule has 0 fully saturated rings. The third kappa shape index (κ3) is 5.55. The molecule has 0 spiro atoms.